The van der Waals surface area contributed by atoms with Crippen molar-refractivity contribution < 1.29 is 33.0 Å². The highest BCUT2D eigenvalue weighted by molar-refractivity contribution is 7.21. The van der Waals surface area contributed by atoms with Crippen molar-refractivity contribution in [1.82, 2.24) is 14.8 Å². The van der Waals surface area contributed by atoms with Gasteiger partial charge in [-0.3, -0.25) is 19.5 Å². The molecule has 0 atom stereocenters. The van der Waals surface area contributed by atoms with Crippen molar-refractivity contribution in [2.45, 2.75) is 6.92 Å². The average molecular weight is 582 g/mol. The van der Waals surface area contributed by atoms with E-state index >= 15 is 0 Å². The molecule has 212 valence electrons. The second-order valence-electron chi connectivity index (χ2n) is 9.40. The van der Waals surface area contributed by atoms with Gasteiger partial charge < -0.3 is 25.4 Å². The summed E-state index contributed by atoms with van der Waals surface area (Å²) in [6, 6.07) is 10.6. The zero-order chi connectivity index (χ0) is 29.1. The van der Waals surface area contributed by atoms with Gasteiger partial charge in [0, 0.05) is 44.5 Å². The summed E-state index contributed by atoms with van der Waals surface area (Å²) in [5, 5.41) is 13.7. The standard InChI is InChI=1S/C28H25F2N5O5S/c1-16-2-4-18(29)21(12-16)33-28(39)32-20-5-3-17(13-19(20)30)40-23-6-7-31-22-14-24(41-26(22)23)27(38)35-10-8-34(9-11-35)15-25(36)37/h2-7,12-14H,8-11,15H2,1H3,(H,36,37)(H2,32,33,39). The predicted molar refractivity (Wildman–Crippen MR) is 150 cm³/mol. The number of hydrogen-bond acceptors (Lipinski definition) is 7. The lowest BCUT2D eigenvalue weighted by molar-refractivity contribution is -0.138. The number of fused-ring (bicyclic) bond motifs is 1. The maximum Gasteiger partial charge on any atom is 0.323 e. The highest BCUT2D eigenvalue weighted by Gasteiger charge is 2.25. The summed E-state index contributed by atoms with van der Waals surface area (Å²) < 4.78 is 35.3. The maximum atomic E-state index is 14.8. The van der Waals surface area contributed by atoms with Crippen LogP contribution in [0.1, 0.15) is 15.2 Å². The fraction of sp³-hybridized carbons (Fsp3) is 0.214. The van der Waals surface area contributed by atoms with Crippen LogP contribution in [0.5, 0.6) is 11.5 Å². The molecule has 3 amide bonds. The van der Waals surface area contributed by atoms with Crippen LogP contribution in [0.25, 0.3) is 10.2 Å². The Hall–Kier alpha value is -4.62. The minimum atomic E-state index is -0.904. The van der Waals surface area contributed by atoms with E-state index in [1.54, 1.807) is 34.9 Å². The minimum Gasteiger partial charge on any atom is -0.480 e. The molecule has 0 spiro atoms. The quantitative estimate of drug-likeness (QED) is 0.275. The summed E-state index contributed by atoms with van der Waals surface area (Å²) in [5.74, 6) is -1.94. The van der Waals surface area contributed by atoms with Gasteiger partial charge in [-0.05, 0) is 42.8 Å². The van der Waals surface area contributed by atoms with Gasteiger partial charge in [0.2, 0.25) is 0 Å². The molecular weight excluding hydrogens is 556 g/mol. The van der Waals surface area contributed by atoms with Gasteiger partial charge in [0.25, 0.3) is 5.91 Å². The number of anilines is 2. The van der Waals surface area contributed by atoms with Gasteiger partial charge in [-0.1, -0.05) is 6.07 Å². The van der Waals surface area contributed by atoms with E-state index in [1.807, 2.05) is 0 Å². The third-order valence-electron chi connectivity index (χ3n) is 6.39. The molecule has 0 unspecified atom stereocenters. The number of carbonyl (C=O) groups is 3. The van der Waals surface area contributed by atoms with Crippen LogP contribution >= 0.6 is 11.3 Å². The topological polar surface area (TPSA) is 124 Å². The maximum absolute atomic E-state index is 14.8. The van der Waals surface area contributed by atoms with Gasteiger partial charge in [0.15, 0.2) is 0 Å². The first-order valence-electron chi connectivity index (χ1n) is 12.6. The molecule has 1 aliphatic heterocycles. The highest BCUT2D eigenvalue weighted by atomic mass is 32.1. The second kappa shape index (κ2) is 11.9. The monoisotopic (exact) mass is 581 g/mol. The molecule has 5 rings (SSSR count). The zero-order valence-corrected chi connectivity index (χ0v) is 22.6. The van der Waals surface area contributed by atoms with Crippen LogP contribution < -0.4 is 15.4 Å². The fourth-order valence-corrected chi connectivity index (χ4v) is 5.39. The molecule has 3 N–H and O–H groups in total. The van der Waals surface area contributed by atoms with E-state index in [2.05, 4.69) is 15.6 Å². The first-order valence-corrected chi connectivity index (χ1v) is 13.4. The Bertz CT molecular complexity index is 1640. The van der Waals surface area contributed by atoms with Crippen molar-refractivity contribution in [3.05, 3.63) is 76.8 Å². The van der Waals surface area contributed by atoms with E-state index in [4.69, 9.17) is 9.84 Å². The van der Waals surface area contributed by atoms with E-state index in [-0.39, 0.29) is 29.6 Å². The number of carboxylic acid groups (broad SMARTS) is 1. The van der Waals surface area contributed by atoms with Crippen molar-refractivity contribution in [3.63, 3.8) is 0 Å². The largest absolute Gasteiger partial charge is 0.480 e. The third-order valence-corrected chi connectivity index (χ3v) is 7.52. The van der Waals surface area contributed by atoms with Crippen LogP contribution in [0.4, 0.5) is 25.0 Å². The number of ether oxygens (including phenoxy) is 1. The number of piperazine rings is 1. The van der Waals surface area contributed by atoms with Crippen molar-refractivity contribution >= 4 is 50.8 Å². The Morgan fingerprint density at radius 1 is 0.976 bits per heavy atom. The third kappa shape index (κ3) is 6.58. The molecule has 2 aromatic carbocycles. The Balaban J connectivity index is 1.26. The average Bonchev–Trinajstić information content (AvgIpc) is 3.37. The van der Waals surface area contributed by atoms with Gasteiger partial charge in [-0.15, -0.1) is 11.3 Å². The lowest BCUT2D eigenvalue weighted by atomic mass is 10.2. The second-order valence-corrected chi connectivity index (χ2v) is 10.5. The molecule has 1 fully saturated rings. The molecule has 41 heavy (non-hydrogen) atoms. The number of aromatic nitrogens is 1. The van der Waals surface area contributed by atoms with E-state index in [0.717, 1.165) is 11.6 Å². The SMILES string of the molecule is Cc1ccc(F)c(NC(=O)Nc2ccc(Oc3ccnc4cc(C(=O)N5CCN(CC(=O)O)CC5)sc34)cc2F)c1. The van der Waals surface area contributed by atoms with Crippen LogP contribution in [-0.4, -0.2) is 70.5 Å². The summed E-state index contributed by atoms with van der Waals surface area (Å²) in [5.41, 5.74) is 1.13. The molecule has 1 aliphatic rings. The number of urea groups is 1. The zero-order valence-electron chi connectivity index (χ0n) is 21.8. The van der Waals surface area contributed by atoms with Crippen LogP contribution in [-0.2, 0) is 4.79 Å². The highest BCUT2D eigenvalue weighted by Crippen LogP contribution is 2.36. The smallest absolute Gasteiger partial charge is 0.323 e. The van der Waals surface area contributed by atoms with Gasteiger partial charge in [-0.2, -0.15) is 0 Å². The number of rotatable bonds is 7. The van der Waals surface area contributed by atoms with E-state index in [1.165, 1.54) is 41.8 Å². The molecule has 0 bridgehead atoms. The van der Waals surface area contributed by atoms with Crippen LogP contribution in [0.2, 0.25) is 0 Å². The lowest BCUT2D eigenvalue weighted by Crippen LogP contribution is -2.49. The number of pyridine rings is 1. The molecule has 2 aromatic heterocycles. The number of benzene rings is 2. The van der Waals surface area contributed by atoms with Crippen molar-refractivity contribution in [2.75, 3.05) is 43.4 Å². The van der Waals surface area contributed by atoms with Gasteiger partial charge >= 0.3 is 12.0 Å². The first kappa shape index (κ1) is 27.9. The number of thiophene rings is 1. The van der Waals surface area contributed by atoms with Crippen molar-refractivity contribution in [3.8, 4) is 11.5 Å². The number of carbonyl (C=O) groups excluding carboxylic acids is 2. The number of amides is 3. The van der Waals surface area contributed by atoms with Gasteiger partial charge in [0.05, 0.1) is 33.0 Å². The van der Waals surface area contributed by atoms with Gasteiger partial charge in [-0.25, -0.2) is 13.6 Å². The Morgan fingerprint density at radius 3 is 2.46 bits per heavy atom. The molecular formula is C28H25F2N5O5S. The number of hydrogen-bond donors (Lipinski definition) is 3. The number of aryl methyl sites for hydroxylation is 1. The molecule has 13 heteroatoms. The van der Waals surface area contributed by atoms with Crippen LogP contribution in [0.15, 0.2) is 54.7 Å². The minimum absolute atomic E-state index is 0.0289. The van der Waals surface area contributed by atoms with E-state index in [0.29, 0.717) is 47.0 Å². The summed E-state index contributed by atoms with van der Waals surface area (Å²) in [6.45, 7) is 3.45. The van der Waals surface area contributed by atoms with E-state index < -0.39 is 23.6 Å². The van der Waals surface area contributed by atoms with Crippen LogP contribution in [0.3, 0.4) is 0 Å². The number of carboxylic acids is 1. The normalized spacial score (nSPS) is 13.7. The summed E-state index contributed by atoms with van der Waals surface area (Å²) in [6.07, 6.45) is 1.52. The summed E-state index contributed by atoms with van der Waals surface area (Å²) >= 11 is 1.20. The van der Waals surface area contributed by atoms with Crippen molar-refractivity contribution in [2.24, 2.45) is 0 Å². The summed E-state index contributed by atoms with van der Waals surface area (Å²) in [4.78, 5) is 44.6. The molecule has 10 nitrogen and oxygen atoms in total. The van der Waals surface area contributed by atoms with Crippen molar-refractivity contribution in [1.29, 1.82) is 0 Å². The first-order chi connectivity index (χ1) is 19.7. The molecule has 1 saturated heterocycles. The number of halogens is 2. The van der Waals surface area contributed by atoms with Gasteiger partial charge in [0.1, 0.15) is 23.1 Å². The van der Waals surface area contributed by atoms with E-state index in [9.17, 15) is 23.2 Å². The number of aliphatic carboxylic acids is 1. The lowest BCUT2D eigenvalue weighted by Gasteiger charge is -2.33. The van der Waals surface area contributed by atoms with Crippen LogP contribution in [0, 0.1) is 18.6 Å². The number of nitrogens with one attached hydrogen (secondary N) is 2. The predicted octanol–water partition coefficient (Wildman–Crippen LogP) is 5.16. The number of nitrogens with zero attached hydrogens (tertiary/aromatic N) is 3. The molecule has 0 aliphatic carbocycles. The molecule has 4 aromatic rings. The molecule has 0 radical (unpaired) electrons. The Morgan fingerprint density at radius 2 is 1.73 bits per heavy atom. The fourth-order valence-electron chi connectivity index (χ4n) is 4.36. The molecule has 0 saturated carbocycles. The Kier molecular flexibility index (Phi) is 8.08. The Labute approximate surface area is 237 Å². The summed E-state index contributed by atoms with van der Waals surface area (Å²) in [7, 11) is 0. The molecule has 3 heterocycles.